The van der Waals surface area contributed by atoms with Crippen molar-refractivity contribution in [1.29, 1.82) is 0 Å². The maximum Gasteiger partial charge on any atom is 0.416 e. The van der Waals surface area contributed by atoms with E-state index < -0.39 is 17.8 Å². The molecule has 0 saturated carbocycles. The maximum absolute atomic E-state index is 12.8. The van der Waals surface area contributed by atoms with Crippen molar-refractivity contribution in [1.82, 2.24) is 15.5 Å². The molecule has 0 saturated heterocycles. The second kappa shape index (κ2) is 9.10. The first-order valence-corrected chi connectivity index (χ1v) is 7.68. The first-order chi connectivity index (χ1) is 11.6. The Labute approximate surface area is 145 Å². The smallest absolute Gasteiger partial charge is 0.353 e. The summed E-state index contributed by atoms with van der Waals surface area (Å²) in [7, 11) is 3.24. The van der Waals surface area contributed by atoms with E-state index in [4.69, 9.17) is 0 Å². The van der Waals surface area contributed by atoms with Crippen LogP contribution in [0.5, 0.6) is 0 Å². The van der Waals surface area contributed by atoms with Gasteiger partial charge in [0, 0.05) is 20.6 Å². The molecule has 0 aromatic heterocycles. The normalized spacial score (nSPS) is 13.1. The number of amides is 1. The van der Waals surface area contributed by atoms with E-state index in [0.717, 1.165) is 12.1 Å². The molecule has 0 spiro atoms. The SMILES string of the molecule is C=CCNC(=NCC(=O)N(C)C)NC(C)c1cccc(C(F)(F)F)c1. The van der Waals surface area contributed by atoms with Gasteiger partial charge in [-0.2, -0.15) is 13.2 Å². The van der Waals surface area contributed by atoms with Crippen LogP contribution in [0, 0.1) is 0 Å². The Morgan fingerprint density at radius 2 is 2.08 bits per heavy atom. The quantitative estimate of drug-likeness (QED) is 0.468. The minimum Gasteiger partial charge on any atom is -0.353 e. The standard InChI is InChI=1S/C17H23F3N4O/c1-5-9-21-16(22-11-15(25)24(3)4)23-12(2)13-7-6-8-14(10-13)17(18,19)20/h5-8,10,12H,1,9,11H2,2-4H3,(H2,21,22,23). The van der Waals surface area contributed by atoms with Crippen LogP contribution < -0.4 is 10.6 Å². The Balaban J connectivity index is 2.90. The molecule has 1 aromatic carbocycles. The van der Waals surface area contributed by atoms with Crippen molar-refractivity contribution in [2.45, 2.75) is 19.1 Å². The number of halogens is 3. The second-order valence-electron chi connectivity index (χ2n) is 5.61. The van der Waals surface area contributed by atoms with Crippen LogP contribution >= 0.6 is 0 Å². The molecule has 138 valence electrons. The third kappa shape index (κ3) is 6.86. The Morgan fingerprint density at radius 3 is 2.64 bits per heavy atom. The number of guanidine groups is 1. The highest BCUT2D eigenvalue weighted by molar-refractivity contribution is 5.85. The molecule has 0 aliphatic carbocycles. The number of rotatable bonds is 6. The van der Waals surface area contributed by atoms with Crippen LogP contribution in [0.1, 0.15) is 24.1 Å². The zero-order valence-electron chi connectivity index (χ0n) is 14.5. The maximum atomic E-state index is 12.8. The Bertz CT molecular complexity index is 627. The van der Waals surface area contributed by atoms with Crippen LogP contribution in [-0.4, -0.2) is 44.0 Å². The van der Waals surface area contributed by atoms with E-state index in [1.165, 1.54) is 11.0 Å². The Hall–Kier alpha value is -2.51. The Kier molecular flexibility index (Phi) is 7.47. The summed E-state index contributed by atoms with van der Waals surface area (Å²) in [6, 6.07) is 4.64. The van der Waals surface area contributed by atoms with E-state index in [-0.39, 0.29) is 12.5 Å². The summed E-state index contributed by atoms with van der Waals surface area (Å²) >= 11 is 0. The number of benzene rings is 1. The monoisotopic (exact) mass is 356 g/mol. The van der Waals surface area contributed by atoms with Gasteiger partial charge < -0.3 is 15.5 Å². The number of hydrogen-bond acceptors (Lipinski definition) is 2. The molecule has 1 unspecified atom stereocenters. The summed E-state index contributed by atoms with van der Waals surface area (Å²) < 4.78 is 38.5. The van der Waals surface area contributed by atoms with E-state index >= 15 is 0 Å². The molecule has 1 aromatic rings. The third-order valence-corrected chi connectivity index (χ3v) is 3.35. The number of carbonyl (C=O) groups excluding carboxylic acids is 1. The van der Waals surface area contributed by atoms with E-state index in [0.29, 0.717) is 18.1 Å². The van der Waals surface area contributed by atoms with Gasteiger partial charge in [-0.15, -0.1) is 6.58 Å². The van der Waals surface area contributed by atoms with Gasteiger partial charge in [-0.3, -0.25) is 4.79 Å². The third-order valence-electron chi connectivity index (χ3n) is 3.35. The van der Waals surface area contributed by atoms with Crippen molar-refractivity contribution in [2.75, 3.05) is 27.2 Å². The fraction of sp³-hybridized carbons (Fsp3) is 0.412. The van der Waals surface area contributed by atoms with Gasteiger partial charge in [0.15, 0.2) is 5.96 Å². The van der Waals surface area contributed by atoms with Gasteiger partial charge in [0.1, 0.15) is 6.54 Å². The zero-order chi connectivity index (χ0) is 19.0. The number of hydrogen-bond donors (Lipinski definition) is 2. The molecular formula is C17H23F3N4O. The summed E-state index contributed by atoms with van der Waals surface area (Å²) in [5.41, 5.74) is -0.249. The van der Waals surface area contributed by atoms with Gasteiger partial charge in [-0.1, -0.05) is 18.2 Å². The largest absolute Gasteiger partial charge is 0.416 e. The highest BCUT2D eigenvalue weighted by Crippen LogP contribution is 2.30. The van der Waals surface area contributed by atoms with E-state index in [9.17, 15) is 18.0 Å². The second-order valence-corrected chi connectivity index (χ2v) is 5.61. The summed E-state index contributed by atoms with van der Waals surface area (Å²) in [5.74, 6) is 0.131. The average Bonchev–Trinajstić information content (AvgIpc) is 2.56. The molecular weight excluding hydrogens is 333 g/mol. The lowest BCUT2D eigenvalue weighted by molar-refractivity contribution is -0.137. The van der Waals surface area contributed by atoms with Crippen LogP contribution in [0.2, 0.25) is 0 Å². The van der Waals surface area contributed by atoms with Gasteiger partial charge in [0.2, 0.25) is 5.91 Å². The lowest BCUT2D eigenvalue weighted by Crippen LogP contribution is -2.40. The van der Waals surface area contributed by atoms with Crippen molar-refractivity contribution >= 4 is 11.9 Å². The minimum absolute atomic E-state index is 0.0746. The lowest BCUT2D eigenvalue weighted by Gasteiger charge is -2.19. The van der Waals surface area contributed by atoms with Crippen LogP contribution in [0.15, 0.2) is 41.9 Å². The van der Waals surface area contributed by atoms with E-state index in [1.807, 2.05) is 0 Å². The molecule has 0 aliphatic heterocycles. The average molecular weight is 356 g/mol. The molecule has 0 radical (unpaired) electrons. The molecule has 1 atom stereocenters. The number of alkyl halides is 3. The molecule has 0 bridgehead atoms. The number of nitrogens with zero attached hydrogens (tertiary/aromatic N) is 2. The van der Waals surface area contributed by atoms with E-state index in [1.54, 1.807) is 33.2 Å². The van der Waals surface area contributed by atoms with Crippen LogP contribution in [0.25, 0.3) is 0 Å². The fourth-order valence-electron chi connectivity index (χ4n) is 1.88. The molecule has 0 heterocycles. The van der Waals surface area contributed by atoms with Gasteiger partial charge in [-0.25, -0.2) is 4.99 Å². The molecule has 0 fully saturated rings. The van der Waals surface area contributed by atoms with Gasteiger partial charge in [0.05, 0.1) is 11.6 Å². The van der Waals surface area contributed by atoms with Crippen LogP contribution in [-0.2, 0) is 11.0 Å². The molecule has 8 heteroatoms. The van der Waals surface area contributed by atoms with Crippen LogP contribution in [0.3, 0.4) is 0 Å². The summed E-state index contributed by atoms with van der Waals surface area (Å²) in [5, 5.41) is 5.93. The molecule has 5 nitrogen and oxygen atoms in total. The Morgan fingerprint density at radius 1 is 1.40 bits per heavy atom. The first kappa shape index (κ1) is 20.5. The van der Waals surface area contributed by atoms with Crippen LogP contribution in [0.4, 0.5) is 13.2 Å². The molecule has 1 amide bonds. The molecule has 2 N–H and O–H groups in total. The number of aliphatic imine (C=N–C) groups is 1. The predicted molar refractivity (Wildman–Crippen MR) is 92.2 cm³/mol. The predicted octanol–water partition coefficient (Wildman–Crippen LogP) is 2.58. The topological polar surface area (TPSA) is 56.7 Å². The molecule has 25 heavy (non-hydrogen) atoms. The lowest BCUT2D eigenvalue weighted by atomic mass is 10.1. The van der Waals surface area contributed by atoms with Crippen molar-refractivity contribution < 1.29 is 18.0 Å². The van der Waals surface area contributed by atoms with Gasteiger partial charge in [-0.05, 0) is 24.6 Å². The molecule has 0 aliphatic rings. The summed E-state index contributed by atoms with van der Waals surface area (Å²) in [6.07, 6.45) is -2.79. The fourth-order valence-corrected chi connectivity index (χ4v) is 1.88. The summed E-state index contributed by atoms with van der Waals surface area (Å²) in [4.78, 5) is 17.2. The highest BCUT2D eigenvalue weighted by atomic mass is 19.4. The zero-order valence-corrected chi connectivity index (χ0v) is 14.5. The van der Waals surface area contributed by atoms with Crippen molar-refractivity contribution in [3.63, 3.8) is 0 Å². The highest BCUT2D eigenvalue weighted by Gasteiger charge is 2.30. The number of nitrogens with one attached hydrogen (secondary N) is 2. The van der Waals surface area contributed by atoms with Gasteiger partial charge in [0.25, 0.3) is 0 Å². The van der Waals surface area contributed by atoms with Crippen molar-refractivity contribution in [3.05, 3.63) is 48.0 Å². The van der Waals surface area contributed by atoms with Crippen molar-refractivity contribution in [3.8, 4) is 0 Å². The number of carbonyl (C=O) groups is 1. The van der Waals surface area contributed by atoms with E-state index in [2.05, 4.69) is 22.2 Å². The molecule has 1 rings (SSSR count). The first-order valence-electron chi connectivity index (χ1n) is 7.68. The van der Waals surface area contributed by atoms with Crippen molar-refractivity contribution in [2.24, 2.45) is 4.99 Å². The van der Waals surface area contributed by atoms with Gasteiger partial charge >= 0.3 is 6.18 Å². The minimum atomic E-state index is -4.40. The number of likely N-dealkylation sites (N-methyl/N-ethyl adjacent to an activating group) is 1. The summed E-state index contributed by atoms with van der Waals surface area (Å²) in [6.45, 7) is 5.63.